The van der Waals surface area contributed by atoms with E-state index in [4.69, 9.17) is 25.3 Å². The quantitative estimate of drug-likeness (QED) is 0.0681. The van der Waals surface area contributed by atoms with E-state index in [-0.39, 0.29) is 36.6 Å². The van der Waals surface area contributed by atoms with Crippen LogP contribution in [-0.2, 0) is 25.6 Å². The highest BCUT2D eigenvalue weighted by Gasteiger charge is 2.39. The van der Waals surface area contributed by atoms with Crippen LogP contribution >= 0.6 is 11.6 Å². The molecular formula is C35H46ClN3O7SSi. The number of ether oxygens (including phenoxy) is 2. The summed E-state index contributed by atoms with van der Waals surface area (Å²) in [5.74, 6) is -0.765. The van der Waals surface area contributed by atoms with E-state index in [1.54, 1.807) is 53.2 Å². The lowest BCUT2D eigenvalue weighted by atomic mass is 9.88. The third-order valence-electron chi connectivity index (χ3n) is 8.26. The molecule has 0 bridgehead atoms. The van der Waals surface area contributed by atoms with Crippen LogP contribution in [0.1, 0.15) is 47.0 Å². The van der Waals surface area contributed by atoms with E-state index in [2.05, 4.69) is 26.2 Å². The number of aromatic nitrogens is 1. The second-order valence-corrected chi connectivity index (χ2v) is 20.9. The zero-order valence-corrected chi connectivity index (χ0v) is 30.9. The molecule has 48 heavy (non-hydrogen) atoms. The summed E-state index contributed by atoms with van der Waals surface area (Å²) < 4.78 is 44.4. The molecule has 0 saturated heterocycles. The van der Waals surface area contributed by atoms with Gasteiger partial charge in [0, 0.05) is 44.6 Å². The van der Waals surface area contributed by atoms with Gasteiger partial charge in [-0.15, -0.1) is 6.58 Å². The summed E-state index contributed by atoms with van der Waals surface area (Å²) in [6.45, 7) is 11.5. The normalized spacial score (nSPS) is 16.4. The number of allylic oxidation sites excluding steroid dienone is 1. The monoisotopic (exact) mass is 715 g/mol. The van der Waals surface area contributed by atoms with Crippen molar-refractivity contribution in [2.75, 3.05) is 31.7 Å². The van der Waals surface area contributed by atoms with E-state index in [9.17, 15) is 18.0 Å². The fraction of sp³-hybridized carbons (Fsp3) is 0.429. The Kier molecular flexibility index (Phi) is 12.7. The highest BCUT2D eigenvalue weighted by Crippen LogP contribution is 2.38. The Morgan fingerprint density at radius 3 is 2.38 bits per heavy atom. The molecule has 3 aromatic rings. The van der Waals surface area contributed by atoms with Gasteiger partial charge in [-0.25, -0.2) is 0 Å². The molecule has 2 aromatic carbocycles. The molecule has 1 aliphatic heterocycles. The lowest BCUT2D eigenvalue weighted by Crippen LogP contribution is -2.60. The molecule has 0 N–H and O–H groups in total. The van der Waals surface area contributed by atoms with Gasteiger partial charge in [-0.3, -0.25) is 23.5 Å². The van der Waals surface area contributed by atoms with Gasteiger partial charge in [-0.2, -0.15) is 8.42 Å². The number of fused-ring (bicyclic) bond motifs is 1. The number of carbonyl (C=O) groups excluding carboxylic acids is 1. The number of rotatable bonds is 17. The van der Waals surface area contributed by atoms with Crippen LogP contribution in [0.4, 0.5) is 0 Å². The van der Waals surface area contributed by atoms with Crippen molar-refractivity contribution in [1.29, 1.82) is 0 Å². The molecule has 0 fully saturated rings. The van der Waals surface area contributed by atoms with E-state index >= 15 is 0 Å². The van der Waals surface area contributed by atoms with Crippen LogP contribution < -0.4 is 15.2 Å². The number of carbonyl (C=O) groups is 1. The number of amides is 1. The van der Waals surface area contributed by atoms with Crippen LogP contribution in [0.15, 0.2) is 84.3 Å². The van der Waals surface area contributed by atoms with Gasteiger partial charge in [0.25, 0.3) is 16.0 Å². The first-order chi connectivity index (χ1) is 22.7. The smallest absolute Gasteiger partial charge is 0.277 e. The SMILES string of the molecule is C=CCC(CCC1N(C)C(=O)c2c(OCc3ccccc3)c(=O)ccn2N1COCC[Si](C)(C)C)C(OS(C)(=O)=O)c1ccccc1Cl. The third-order valence-corrected chi connectivity index (χ3v) is 10.9. The highest BCUT2D eigenvalue weighted by molar-refractivity contribution is 7.86. The summed E-state index contributed by atoms with van der Waals surface area (Å²) in [4.78, 5) is 28.8. The van der Waals surface area contributed by atoms with E-state index < -0.39 is 35.9 Å². The van der Waals surface area contributed by atoms with Gasteiger partial charge in [-0.05, 0) is 42.9 Å². The molecule has 1 amide bonds. The minimum atomic E-state index is -3.86. The van der Waals surface area contributed by atoms with Gasteiger partial charge in [0.15, 0.2) is 11.4 Å². The van der Waals surface area contributed by atoms with Crippen molar-refractivity contribution in [3.63, 3.8) is 0 Å². The van der Waals surface area contributed by atoms with Crippen molar-refractivity contribution in [3.05, 3.63) is 112 Å². The molecule has 3 unspecified atom stereocenters. The standard InChI is InChI=1S/C35H46ClN3O7SSi/c1-7-13-27(33(46-47(3,42)43)28-16-11-12-17-29(28)36)18-19-31-37(2)35(41)32-34(45-24-26-14-9-8-10-15-26)30(40)20-21-38(32)39(31)25-44-22-23-48(4,5)6/h7-12,14-17,20-21,27,31,33H,1,13,18-19,22-25H2,2-6H3. The number of hydrogen-bond donors (Lipinski definition) is 0. The molecule has 1 aliphatic rings. The molecule has 260 valence electrons. The Labute approximate surface area is 290 Å². The second-order valence-electron chi connectivity index (χ2n) is 13.3. The summed E-state index contributed by atoms with van der Waals surface area (Å²) in [6.07, 6.45) is 4.22. The molecule has 2 heterocycles. The van der Waals surface area contributed by atoms with E-state index in [0.717, 1.165) is 17.9 Å². The average molecular weight is 716 g/mol. The molecule has 4 rings (SSSR count). The van der Waals surface area contributed by atoms with Crippen LogP contribution in [0.2, 0.25) is 30.7 Å². The van der Waals surface area contributed by atoms with Gasteiger partial charge in [0.2, 0.25) is 5.43 Å². The summed E-state index contributed by atoms with van der Waals surface area (Å²) in [5, 5.41) is 2.30. The van der Waals surface area contributed by atoms with Crippen LogP contribution in [0.3, 0.4) is 0 Å². The lowest BCUT2D eigenvalue weighted by Gasteiger charge is -2.45. The van der Waals surface area contributed by atoms with Gasteiger partial charge in [-0.1, -0.05) is 85.8 Å². The molecule has 1 aromatic heterocycles. The molecule has 0 spiro atoms. The molecule has 13 heteroatoms. The summed E-state index contributed by atoms with van der Waals surface area (Å²) >= 11 is 6.54. The number of nitrogens with zero attached hydrogens (tertiary/aromatic N) is 3. The second kappa shape index (κ2) is 16.3. The molecule has 0 radical (unpaired) electrons. The van der Waals surface area contributed by atoms with Gasteiger partial charge < -0.3 is 14.4 Å². The molecule has 3 atom stereocenters. The first-order valence-electron chi connectivity index (χ1n) is 16.0. The third kappa shape index (κ3) is 9.82. The predicted octanol–water partition coefficient (Wildman–Crippen LogP) is 6.43. The lowest BCUT2D eigenvalue weighted by molar-refractivity contribution is 0.0442. The van der Waals surface area contributed by atoms with Crippen molar-refractivity contribution >= 4 is 35.7 Å². The van der Waals surface area contributed by atoms with Crippen LogP contribution in [-0.4, -0.2) is 64.8 Å². The first kappa shape index (κ1) is 37.4. The van der Waals surface area contributed by atoms with Crippen molar-refractivity contribution < 1.29 is 26.9 Å². The maximum absolute atomic E-state index is 14.1. The average Bonchev–Trinajstić information content (AvgIpc) is 3.02. The summed E-state index contributed by atoms with van der Waals surface area (Å²) in [7, 11) is -3.56. The van der Waals surface area contributed by atoms with E-state index in [1.165, 1.54) is 6.07 Å². The van der Waals surface area contributed by atoms with Gasteiger partial charge >= 0.3 is 0 Å². The number of pyridine rings is 1. The minimum Gasteiger partial charge on any atom is -0.482 e. The van der Waals surface area contributed by atoms with Crippen molar-refractivity contribution in [1.82, 2.24) is 9.58 Å². The summed E-state index contributed by atoms with van der Waals surface area (Å²) in [5.41, 5.74) is 1.13. The van der Waals surface area contributed by atoms with Crippen molar-refractivity contribution in [2.45, 2.75) is 63.8 Å². The topological polar surface area (TPSA) is 107 Å². The minimum absolute atomic E-state index is 0.0337. The Hall–Kier alpha value is -3.42. The largest absolute Gasteiger partial charge is 0.482 e. The first-order valence-corrected chi connectivity index (χ1v) is 21.9. The predicted molar refractivity (Wildman–Crippen MR) is 192 cm³/mol. The molecule has 0 aliphatic carbocycles. The van der Waals surface area contributed by atoms with E-state index in [1.807, 2.05) is 35.3 Å². The summed E-state index contributed by atoms with van der Waals surface area (Å²) in [6, 6.07) is 18.8. The Morgan fingerprint density at radius 2 is 1.73 bits per heavy atom. The Morgan fingerprint density at radius 1 is 1.04 bits per heavy atom. The molecule has 10 nitrogen and oxygen atoms in total. The number of hydrogen-bond acceptors (Lipinski definition) is 8. The number of halogens is 1. The van der Waals surface area contributed by atoms with Crippen molar-refractivity contribution in [3.8, 4) is 5.75 Å². The van der Waals surface area contributed by atoms with E-state index in [0.29, 0.717) is 36.5 Å². The van der Waals surface area contributed by atoms with Crippen LogP contribution in [0, 0.1) is 5.92 Å². The number of benzene rings is 2. The molecular weight excluding hydrogens is 670 g/mol. The Bertz CT molecular complexity index is 1730. The fourth-order valence-electron chi connectivity index (χ4n) is 5.71. The Balaban J connectivity index is 1.69. The van der Waals surface area contributed by atoms with Crippen molar-refractivity contribution in [2.24, 2.45) is 5.92 Å². The highest BCUT2D eigenvalue weighted by atomic mass is 35.5. The molecule has 0 saturated carbocycles. The van der Waals surface area contributed by atoms with Crippen LogP contribution in [0.5, 0.6) is 5.75 Å². The zero-order chi connectivity index (χ0) is 35.1. The maximum Gasteiger partial charge on any atom is 0.277 e. The van der Waals surface area contributed by atoms with Gasteiger partial charge in [0.05, 0.1) is 6.26 Å². The van der Waals surface area contributed by atoms with Gasteiger partial charge in [0.1, 0.15) is 25.6 Å². The maximum atomic E-state index is 14.1. The zero-order valence-electron chi connectivity index (χ0n) is 28.3. The fourth-order valence-corrected chi connectivity index (χ4v) is 7.35. The van der Waals surface area contributed by atoms with Crippen LogP contribution in [0.25, 0.3) is 0 Å².